The molecule has 2 atom stereocenters. The summed E-state index contributed by atoms with van der Waals surface area (Å²) in [5, 5.41) is 0. The molecule has 1 aliphatic carbocycles. The van der Waals surface area contributed by atoms with E-state index in [0.717, 1.165) is 42.7 Å². The quantitative estimate of drug-likeness (QED) is 0.685. The van der Waals surface area contributed by atoms with Crippen molar-refractivity contribution in [2.75, 3.05) is 4.90 Å². The Kier molecular flexibility index (Phi) is 3.20. The van der Waals surface area contributed by atoms with Gasteiger partial charge in [-0.3, -0.25) is 4.79 Å². The van der Waals surface area contributed by atoms with Gasteiger partial charge in [0.05, 0.1) is 5.69 Å². The minimum Gasteiger partial charge on any atom is -0.309 e. The number of anilines is 1. The molecule has 0 spiro atoms. The summed E-state index contributed by atoms with van der Waals surface area (Å²) in [7, 11) is 0. The molecule has 1 aliphatic heterocycles. The van der Waals surface area contributed by atoms with Crippen LogP contribution in [0.4, 0.5) is 5.69 Å². The summed E-state index contributed by atoms with van der Waals surface area (Å²) in [6.07, 6.45) is 5.57. The predicted molar refractivity (Wildman–Crippen MR) is 97.8 cm³/mol. The van der Waals surface area contributed by atoms with Gasteiger partial charge in [0.1, 0.15) is 5.65 Å². The van der Waals surface area contributed by atoms with Gasteiger partial charge in [0.2, 0.25) is 5.91 Å². The first-order chi connectivity index (χ1) is 12.2. The Labute approximate surface area is 147 Å². The van der Waals surface area contributed by atoms with Crippen LogP contribution in [0, 0.1) is 5.92 Å². The minimum atomic E-state index is 0.0428. The molecule has 3 aromatic rings. The van der Waals surface area contributed by atoms with E-state index in [-0.39, 0.29) is 17.9 Å². The molecule has 0 bridgehead atoms. The first kappa shape index (κ1) is 14.7. The van der Waals surface area contributed by atoms with Crippen molar-refractivity contribution in [3.05, 3.63) is 65.6 Å². The molecule has 0 N–H and O–H groups in total. The van der Waals surface area contributed by atoms with Crippen molar-refractivity contribution in [1.29, 1.82) is 0 Å². The standard InChI is InChI=1S/C21H21N3O/c1-14-12-15-6-2-3-7-18(15)24(14)21(25)16-9-10-17-19(13-16)23-11-5-4-8-20(23)22-17/h2-8,11,14,16H,9-10,12-13H2,1H3. The predicted octanol–water partition coefficient (Wildman–Crippen LogP) is 3.42. The highest BCUT2D eigenvalue weighted by Gasteiger charge is 2.36. The number of nitrogens with zero attached hydrogens (tertiary/aromatic N) is 3. The fourth-order valence-corrected chi connectivity index (χ4v) is 4.47. The van der Waals surface area contributed by atoms with E-state index in [0.29, 0.717) is 0 Å². The van der Waals surface area contributed by atoms with Gasteiger partial charge in [0, 0.05) is 36.0 Å². The summed E-state index contributed by atoms with van der Waals surface area (Å²) >= 11 is 0. The van der Waals surface area contributed by atoms with Crippen molar-refractivity contribution in [3.8, 4) is 0 Å². The Hall–Kier alpha value is -2.62. The molecule has 4 heteroatoms. The number of fused-ring (bicyclic) bond motifs is 4. The summed E-state index contributed by atoms with van der Waals surface area (Å²) in [6.45, 7) is 2.15. The molecule has 0 radical (unpaired) electrons. The number of carbonyl (C=O) groups is 1. The summed E-state index contributed by atoms with van der Waals surface area (Å²) in [6, 6.07) is 14.6. The van der Waals surface area contributed by atoms with Gasteiger partial charge in [-0.25, -0.2) is 4.98 Å². The van der Waals surface area contributed by atoms with Crippen molar-refractivity contribution in [1.82, 2.24) is 9.38 Å². The van der Waals surface area contributed by atoms with Gasteiger partial charge < -0.3 is 9.30 Å². The van der Waals surface area contributed by atoms with Gasteiger partial charge in [-0.05, 0) is 49.9 Å². The molecule has 2 unspecified atom stereocenters. The monoisotopic (exact) mass is 331 g/mol. The summed E-state index contributed by atoms with van der Waals surface area (Å²) in [5.74, 6) is 0.315. The van der Waals surface area contributed by atoms with Gasteiger partial charge in [-0.15, -0.1) is 0 Å². The summed E-state index contributed by atoms with van der Waals surface area (Å²) < 4.78 is 2.15. The third kappa shape index (κ3) is 2.20. The maximum atomic E-state index is 13.3. The number of benzene rings is 1. The third-order valence-corrected chi connectivity index (χ3v) is 5.68. The second kappa shape index (κ2) is 5.45. The average molecular weight is 331 g/mol. The minimum absolute atomic E-state index is 0.0428. The Morgan fingerprint density at radius 2 is 1.96 bits per heavy atom. The number of aromatic nitrogens is 2. The molecule has 5 rings (SSSR count). The second-order valence-electron chi connectivity index (χ2n) is 7.26. The van der Waals surface area contributed by atoms with Crippen LogP contribution in [0.2, 0.25) is 0 Å². The van der Waals surface area contributed by atoms with E-state index >= 15 is 0 Å². The fraction of sp³-hybridized carbons (Fsp3) is 0.333. The molecule has 126 valence electrons. The lowest BCUT2D eigenvalue weighted by Gasteiger charge is -2.29. The Morgan fingerprint density at radius 3 is 2.88 bits per heavy atom. The fourth-order valence-electron chi connectivity index (χ4n) is 4.47. The second-order valence-corrected chi connectivity index (χ2v) is 7.26. The number of hydrogen-bond acceptors (Lipinski definition) is 2. The van der Waals surface area contributed by atoms with Crippen LogP contribution in [-0.2, 0) is 24.1 Å². The van der Waals surface area contributed by atoms with Crippen molar-refractivity contribution in [2.45, 2.75) is 38.6 Å². The number of pyridine rings is 1. The first-order valence-corrected chi connectivity index (χ1v) is 9.08. The van der Waals surface area contributed by atoms with Crippen LogP contribution in [0.15, 0.2) is 48.7 Å². The zero-order valence-corrected chi connectivity index (χ0v) is 14.4. The van der Waals surface area contributed by atoms with E-state index in [9.17, 15) is 4.79 Å². The molecule has 3 heterocycles. The molecule has 2 aromatic heterocycles. The number of amides is 1. The maximum absolute atomic E-state index is 13.3. The molecule has 0 saturated heterocycles. The number of rotatable bonds is 1. The average Bonchev–Trinajstić information content (AvgIpc) is 3.17. The number of aryl methyl sites for hydroxylation is 1. The zero-order valence-electron chi connectivity index (χ0n) is 14.4. The SMILES string of the molecule is CC1Cc2ccccc2N1C(=O)C1CCc2nc3ccccn3c2C1. The van der Waals surface area contributed by atoms with Gasteiger partial charge >= 0.3 is 0 Å². The van der Waals surface area contributed by atoms with Crippen LogP contribution in [0.5, 0.6) is 0 Å². The maximum Gasteiger partial charge on any atom is 0.230 e. The molecule has 0 fully saturated rings. The largest absolute Gasteiger partial charge is 0.309 e. The van der Waals surface area contributed by atoms with Gasteiger partial charge in [-0.1, -0.05) is 24.3 Å². The lowest BCUT2D eigenvalue weighted by atomic mass is 9.88. The molecular formula is C21H21N3O. The van der Waals surface area contributed by atoms with Crippen LogP contribution in [0.1, 0.15) is 30.3 Å². The van der Waals surface area contributed by atoms with Gasteiger partial charge in [0.15, 0.2) is 0 Å². The number of imidazole rings is 1. The third-order valence-electron chi connectivity index (χ3n) is 5.68. The molecular weight excluding hydrogens is 310 g/mol. The van der Waals surface area contributed by atoms with Gasteiger partial charge in [-0.2, -0.15) is 0 Å². The van der Waals surface area contributed by atoms with E-state index in [1.165, 1.54) is 11.3 Å². The highest BCUT2D eigenvalue weighted by atomic mass is 16.2. The molecule has 0 saturated carbocycles. The van der Waals surface area contributed by atoms with E-state index < -0.39 is 0 Å². The molecule has 25 heavy (non-hydrogen) atoms. The molecule has 4 nitrogen and oxygen atoms in total. The van der Waals surface area contributed by atoms with Crippen LogP contribution in [0.25, 0.3) is 5.65 Å². The Balaban J connectivity index is 1.48. The molecule has 2 aliphatic rings. The summed E-state index contributed by atoms with van der Waals surface area (Å²) in [4.78, 5) is 20.1. The number of hydrogen-bond donors (Lipinski definition) is 0. The normalized spacial score (nSPS) is 22.0. The highest BCUT2D eigenvalue weighted by molar-refractivity contribution is 5.98. The van der Waals surface area contributed by atoms with Crippen LogP contribution >= 0.6 is 0 Å². The Morgan fingerprint density at radius 1 is 1.12 bits per heavy atom. The molecule has 1 amide bonds. The lowest BCUT2D eigenvalue weighted by Crippen LogP contribution is -2.41. The zero-order chi connectivity index (χ0) is 17.0. The van der Waals surface area contributed by atoms with Crippen molar-refractivity contribution < 1.29 is 4.79 Å². The van der Waals surface area contributed by atoms with Crippen LogP contribution in [0.3, 0.4) is 0 Å². The van der Waals surface area contributed by atoms with Gasteiger partial charge in [0.25, 0.3) is 0 Å². The van der Waals surface area contributed by atoms with E-state index in [2.05, 4.69) is 35.7 Å². The smallest absolute Gasteiger partial charge is 0.230 e. The van der Waals surface area contributed by atoms with Crippen molar-refractivity contribution >= 4 is 17.2 Å². The lowest BCUT2D eigenvalue weighted by molar-refractivity contribution is -0.123. The van der Waals surface area contributed by atoms with E-state index in [4.69, 9.17) is 4.98 Å². The van der Waals surface area contributed by atoms with E-state index in [1.807, 2.05) is 29.2 Å². The highest BCUT2D eigenvalue weighted by Crippen LogP contribution is 2.35. The number of carbonyl (C=O) groups excluding carboxylic acids is 1. The molecule has 1 aromatic carbocycles. The van der Waals surface area contributed by atoms with Crippen molar-refractivity contribution in [3.63, 3.8) is 0 Å². The van der Waals surface area contributed by atoms with Crippen LogP contribution in [-0.4, -0.2) is 21.3 Å². The first-order valence-electron chi connectivity index (χ1n) is 9.08. The topological polar surface area (TPSA) is 37.6 Å². The number of para-hydroxylation sites is 1. The summed E-state index contributed by atoms with van der Waals surface area (Å²) in [5.41, 5.74) is 5.74. The van der Waals surface area contributed by atoms with Crippen LogP contribution < -0.4 is 4.90 Å². The van der Waals surface area contributed by atoms with E-state index in [1.54, 1.807) is 0 Å². The van der Waals surface area contributed by atoms with Crippen molar-refractivity contribution in [2.24, 2.45) is 5.92 Å². The Bertz CT molecular complexity index is 974.